The summed E-state index contributed by atoms with van der Waals surface area (Å²) in [5.74, 6) is 0.929. The Morgan fingerprint density at radius 2 is 1.75 bits per heavy atom. The lowest BCUT2D eigenvalue weighted by molar-refractivity contribution is 0.0442. The first-order valence-electron chi connectivity index (χ1n) is 8.78. The van der Waals surface area contributed by atoms with E-state index in [-0.39, 0.29) is 5.54 Å². The van der Waals surface area contributed by atoms with E-state index in [0.29, 0.717) is 6.61 Å². The lowest BCUT2D eigenvalue weighted by Gasteiger charge is -2.47. The highest BCUT2D eigenvalue weighted by molar-refractivity contribution is 4.95. The van der Waals surface area contributed by atoms with Crippen LogP contribution in [-0.4, -0.2) is 41.8 Å². The van der Waals surface area contributed by atoms with Crippen molar-refractivity contribution < 1.29 is 5.11 Å². The SMILES string of the molecule is CCC1CCC(CN)(N(CC)CCCCCCO)CC1. The van der Waals surface area contributed by atoms with Crippen molar-refractivity contribution in [3.8, 4) is 0 Å². The molecule has 3 N–H and O–H groups in total. The molecule has 1 fully saturated rings. The number of aliphatic hydroxyl groups excluding tert-OH is 1. The minimum Gasteiger partial charge on any atom is -0.396 e. The molecule has 0 atom stereocenters. The molecule has 3 heteroatoms. The molecule has 120 valence electrons. The lowest BCUT2D eigenvalue weighted by atomic mass is 9.74. The monoisotopic (exact) mass is 284 g/mol. The lowest BCUT2D eigenvalue weighted by Crippen LogP contribution is -2.56. The summed E-state index contributed by atoms with van der Waals surface area (Å²) >= 11 is 0. The van der Waals surface area contributed by atoms with Crippen LogP contribution in [0.5, 0.6) is 0 Å². The minimum absolute atomic E-state index is 0.275. The fourth-order valence-corrected chi connectivity index (χ4v) is 3.77. The molecule has 3 nitrogen and oxygen atoms in total. The Morgan fingerprint density at radius 1 is 1.10 bits per heavy atom. The van der Waals surface area contributed by atoms with E-state index in [9.17, 15) is 0 Å². The molecule has 0 bridgehead atoms. The molecule has 0 radical (unpaired) electrons. The highest BCUT2D eigenvalue weighted by atomic mass is 16.2. The van der Waals surface area contributed by atoms with Crippen LogP contribution in [0.15, 0.2) is 0 Å². The summed E-state index contributed by atoms with van der Waals surface area (Å²) in [6.45, 7) is 8.04. The van der Waals surface area contributed by atoms with E-state index in [1.807, 2.05) is 0 Å². The normalized spacial score (nSPS) is 27.1. The average Bonchev–Trinajstić information content (AvgIpc) is 2.51. The quantitative estimate of drug-likeness (QED) is 0.606. The van der Waals surface area contributed by atoms with E-state index in [1.54, 1.807) is 0 Å². The Labute approximate surface area is 125 Å². The second-order valence-corrected chi connectivity index (χ2v) is 6.50. The molecule has 1 rings (SSSR count). The zero-order valence-corrected chi connectivity index (χ0v) is 13.7. The third kappa shape index (κ3) is 5.01. The Bertz CT molecular complexity index is 237. The molecule has 0 aromatic rings. The average molecular weight is 284 g/mol. The van der Waals surface area contributed by atoms with E-state index < -0.39 is 0 Å². The van der Waals surface area contributed by atoms with Gasteiger partial charge in [0.15, 0.2) is 0 Å². The summed E-state index contributed by atoms with van der Waals surface area (Å²) in [7, 11) is 0. The third-order valence-corrected chi connectivity index (χ3v) is 5.38. The summed E-state index contributed by atoms with van der Waals surface area (Å²) in [4.78, 5) is 2.65. The number of nitrogens with zero attached hydrogens (tertiary/aromatic N) is 1. The molecule has 0 amide bonds. The fourth-order valence-electron chi connectivity index (χ4n) is 3.77. The van der Waals surface area contributed by atoms with Gasteiger partial charge in [-0.2, -0.15) is 0 Å². The van der Waals surface area contributed by atoms with Crippen LogP contribution in [0.2, 0.25) is 0 Å². The van der Waals surface area contributed by atoms with Crippen molar-refractivity contribution in [1.29, 1.82) is 0 Å². The molecular weight excluding hydrogens is 248 g/mol. The van der Waals surface area contributed by atoms with Crippen molar-refractivity contribution in [2.45, 2.75) is 77.2 Å². The molecule has 1 saturated carbocycles. The molecule has 0 aromatic heterocycles. The predicted molar refractivity (Wildman–Crippen MR) is 86.8 cm³/mol. The van der Waals surface area contributed by atoms with Gasteiger partial charge < -0.3 is 10.8 Å². The number of likely N-dealkylation sites (N-methyl/N-ethyl adjacent to an activating group) is 1. The van der Waals surface area contributed by atoms with Crippen molar-refractivity contribution in [1.82, 2.24) is 4.90 Å². The maximum atomic E-state index is 8.83. The Balaban J connectivity index is 2.43. The van der Waals surface area contributed by atoms with Gasteiger partial charge in [-0.3, -0.25) is 4.90 Å². The van der Waals surface area contributed by atoms with Crippen LogP contribution in [0.3, 0.4) is 0 Å². The molecule has 0 saturated heterocycles. The molecule has 0 unspecified atom stereocenters. The van der Waals surface area contributed by atoms with Crippen molar-refractivity contribution in [2.75, 3.05) is 26.2 Å². The van der Waals surface area contributed by atoms with Gasteiger partial charge in [0.25, 0.3) is 0 Å². The molecule has 20 heavy (non-hydrogen) atoms. The predicted octanol–water partition coefficient (Wildman–Crippen LogP) is 3.16. The number of hydrogen-bond acceptors (Lipinski definition) is 3. The van der Waals surface area contributed by atoms with E-state index in [2.05, 4.69) is 18.7 Å². The summed E-state index contributed by atoms with van der Waals surface area (Å²) in [5.41, 5.74) is 6.45. The van der Waals surface area contributed by atoms with Crippen molar-refractivity contribution in [3.05, 3.63) is 0 Å². The van der Waals surface area contributed by atoms with Gasteiger partial charge in [0.05, 0.1) is 0 Å². The van der Waals surface area contributed by atoms with Gasteiger partial charge in [-0.1, -0.05) is 33.1 Å². The fraction of sp³-hybridized carbons (Fsp3) is 1.00. The van der Waals surface area contributed by atoms with Crippen molar-refractivity contribution in [2.24, 2.45) is 11.7 Å². The van der Waals surface area contributed by atoms with Gasteiger partial charge in [-0.15, -0.1) is 0 Å². The van der Waals surface area contributed by atoms with Gasteiger partial charge in [-0.25, -0.2) is 0 Å². The third-order valence-electron chi connectivity index (χ3n) is 5.38. The number of aliphatic hydroxyl groups is 1. The van der Waals surface area contributed by atoms with E-state index in [0.717, 1.165) is 31.8 Å². The Morgan fingerprint density at radius 3 is 2.25 bits per heavy atom. The van der Waals surface area contributed by atoms with Crippen LogP contribution in [0.1, 0.15) is 71.6 Å². The van der Waals surface area contributed by atoms with Gasteiger partial charge in [0.1, 0.15) is 0 Å². The van der Waals surface area contributed by atoms with Crippen molar-refractivity contribution in [3.63, 3.8) is 0 Å². The van der Waals surface area contributed by atoms with Gasteiger partial charge in [-0.05, 0) is 57.5 Å². The van der Waals surface area contributed by atoms with Crippen LogP contribution >= 0.6 is 0 Å². The largest absolute Gasteiger partial charge is 0.396 e. The maximum Gasteiger partial charge on any atom is 0.0431 e. The van der Waals surface area contributed by atoms with Crippen LogP contribution < -0.4 is 5.73 Å². The first-order valence-corrected chi connectivity index (χ1v) is 8.78. The first-order chi connectivity index (χ1) is 9.72. The second-order valence-electron chi connectivity index (χ2n) is 6.50. The molecule has 1 aliphatic carbocycles. The smallest absolute Gasteiger partial charge is 0.0431 e. The number of nitrogens with two attached hydrogens (primary N) is 1. The molecule has 0 heterocycles. The van der Waals surface area contributed by atoms with Crippen LogP contribution in [0.25, 0.3) is 0 Å². The Kier molecular flexibility index (Phi) is 8.74. The van der Waals surface area contributed by atoms with Gasteiger partial charge in [0.2, 0.25) is 0 Å². The van der Waals surface area contributed by atoms with E-state index >= 15 is 0 Å². The molecule has 0 aromatic carbocycles. The molecular formula is C17H36N2O. The maximum absolute atomic E-state index is 8.83. The summed E-state index contributed by atoms with van der Waals surface area (Å²) in [5, 5.41) is 8.83. The molecule has 0 aliphatic heterocycles. The Hall–Kier alpha value is -0.120. The number of unbranched alkanes of at least 4 members (excludes halogenated alkanes) is 3. The minimum atomic E-state index is 0.275. The highest BCUT2D eigenvalue weighted by Crippen LogP contribution is 2.37. The topological polar surface area (TPSA) is 49.5 Å². The summed E-state index contributed by atoms with van der Waals surface area (Å²) < 4.78 is 0. The van der Waals surface area contributed by atoms with E-state index in [1.165, 1.54) is 51.5 Å². The second kappa shape index (κ2) is 9.75. The van der Waals surface area contributed by atoms with E-state index in [4.69, 9.17) is 10.8 Å². The standard InChI is InChI=1S/C17H36N2O/c1-3-16-9-11-17(15-18,12-10-16)19(4-2)13-7-5-6-8-14-20/h16,20H,3-15,18H2,1-2H3. The number of hydrogen-bond donors (Lipinski definition) is 2. The number of rotatable bonds is 10. The van der Waals surface area contributed by atoms with Gasteiger partial charge >= 0.3 is 0 Å². The summed E-state index contributed by atoms with van der Waals surface area (Å²) in [6, 6.07) is 0. The highest BCUT2D eigenvalue weighted by Gasteiger charge is 2.37. The van der Waals surface area contributed by atoms with Crippen LogP contribution in [0.4, 0.5) is 0 Å². The molecule has 0 spiro atoms. The van der Waals surface area contributed by atoms with Gasteiger partial charge in [0, 0.05) is 18.7 Å². The first kappa shape index (κ1) is 17.9. The van der Waals surface area contributed by atoms with Crippen LogP contribution in [-0.2, 0) is 0 Å². The zero-order chi connectivity index (χ0) is 14.8. The zero-order valence-electron chi connectivity index (χ0n) is 13.7. The molecule has 1 aliphatic rings. The van der Waals surface area contributed by atoms with Crippen molar-refractivity contribution >= 4 is 0 Å². The summed E-state index contributed by atoms with van der Waals surface area (Å²) in [6.07, 6.45) is 11.2. The van der Waals surface area contributed by atoms with Crippen LogP contribution in [0, 0.1) is 5.92 Å².